The Balaban J connectivity index is 2.27. The molecule has 0 heterocycles. The van der Waals surface area contributed by atoms with Crippen LogP contribution in [0, 0.1) is 13.8 Å². The van der Waals surface area contributed by atoms with Crippen LogP contribution < -0.4 is 4.74 Å². The van der Waals surface area contributed by atoms with Crippen LogP contribution in [0.4, 0.5) is 0 Å². The van der Waals surface area contributed by atoms with E-state index in [2.05, 4.69) is 15.9 Å². The van der Waals surface area contributed by atoms with Crippen molar-refractivity contribution in [3.63, 3.8) is 0 Å². The summed E-state index contributed by atoms with van der Waals surface area (Å²) in [6.07, 6.45) is 2.57. The fraction of sp³-hybridized carbons (Fsp3) is 0.111. The van der Waals surface area contributed by atoms with E-state index in [1.54, 1.807) is 30.3 Å². The average molecular weight is 375 g/mol. The predicted molar refractivity (Wildman–Crippen MR) is 91.7 cm³/mol. The van der Waals surface area contributed by atoms with Crippen molar-refractivity contribution in [1.29, 1.82) is 0 Å². The number of carboxylic acid groups (broad SMARTS) is 1. The summed E-state index contributed by atoms with van der Waals surface area (Å²) >= 11 is 3.32. The van der Waals surface area contributed by atoms with E-state index in [0.29, 0.717) is 11.3 Å². The van der Waals surface area contributed by atoms with Gasteiger partial charge in [0.1, 0.15) is 5.75 Å². The van der Waals surface area contributed by atoms with Crippen molar-refractivity contribution < 1.29 is 19.4 Å². The first-order valence-corrected chi connectivity index (χ1v) is 7.66. The number of hydrogen-bond donors (Lipinski definition) is 1. The minimum Gasteiger partial charge on any atom is -0.478 e. The molecule has 0 spiro atoms. The van der Waals surface area contributed by atoms with Crippen molar-refractivity contribution in [3.05, 3.63) is 69.2 Å². The normalized spacial score (nSPS) is 10.7. The van der Waals surface area contributed by atoms with Crippen LogP contribution >= 0.6 is 15.9 Å². The van der Waals surface area contributed by atoms with Gasteiger partial charge in [0, 0.05) is 10.5 Å². The van der Waals surface area contributed by atoms with E-state index < -0.39 is 11.9 Å². The van der Waals surface area contributed by atoms with Crippen molar-refractivity contribution in [2.45, 2.75) is 13.8 Å². The Kier molecular flexibility index (Phi) is 5.34. The topological polar surface area (TPSA) is 63.6 Å². The van der Waals surface area contributed by atoms with E-state index in [4.69, 9.17) is 9.84 Å². The van der Waals surface area contributed by atoms with Crippen molar-refractivity contribution in [1.82, 2.24) is 0 Å². The smallest absolute Gasteiger partial charge is 0.343 e. The summed E-state index contributed by atoms with van der Waals surface area (Å²) in [5.41, 5.74) is 2.72. The molecule has 0 amide bonds. The van der Waals surface area contributed by atoms with Gasteiger partial charge in [-0.05, 0) is 66.9 Å². The highest BCUT2D eigenvalue weighted by Gasteiger charge is 2.13. The molecule has 23 heavy (non-hydrogen) atoms. The lowest BCUT2D eigenvalue weighted by atomic mass is 10.1. The number of ether oxygens (including phenoxy) is 1. The van der Waals surface area contributed by atoms with Gasteiger partial charge in [-0.2, -0.15) is 0 Å². The van der Waals surface area contributed by atoms with Gasteiger partial charge >= 0.3 is 11.9 Å². The number of carboxylic acids is 1. The minimum absolute atomic E-state index is 0.439. The second-order valence-corrected chi connectivity index (χ2v) is 5.97. The van der Waals surface area contributed by atoms with Gasteiger partial charge in [0.05, 0.1) is 5.56 Å². The molecule has 1 N–H and O–H groups in total. The monoisotopic (exact) mass is 374 g/mol. The van der Waals surface area contributed by atoms with Crippen molar-refractivity contribution in [3.8, 4) is 5.75 Å². The standard InChI is InChI=1S/C18H15BrO4/c1-11-8-13(6-7-16(20)21)9-12(2)17(11)23-18(22)14-4-3-5-15(19)10-14/h3-10H,1-2H3,(H,20,21)/b7-6+. The van der Waals surface area contributed by atoms with Crippen LogP contribution in [0.1, 0.15) is 27.0 Å². The number of aliphatic carboxylic acids is 1. The summed E-state index contributed by atoms with van der Waals surface area (Å²) in [7, 11) is 0. The van der Waals surface area contributed by atoms with Gasteiger partial charge in [0.15, 0.2) is 0 Å². The third-order valence-corrected chi connectivity index (χ3v) is 3.65. The first-order chi connectivity index (χ1) is 10.9. The molecule has 0 fully saturated rings. The zero-order chi connectivity index (χ0) is 17.0. The van der Waals surface area contributed by atoms with Crippen LogP contribution in [0.3, 0.4) is 0 Å². The Bertz CT molecular complexity index is 770. The Labute approximate surface area is 142 Å². The molecule has 5 heteroatoms. The van der Waals surface area contributed by atoms with Gasteiger partial charge in [0.25, 0.3) is 0 Å². The summed E-state index contributed by atoms with van der Waals surface area (Å²) in [4.78, 5) is 22.8. The lowest BCUT2D eigenvalue weighted by Gasteiger charge is -2.12. The molecule has 2 aromatic rings. The minimum atomic E-state index is -1.01. The van der Waals surface area contributed by atoms with Gasteiger partial charge in [0.2, 0.25) is 0 Å². The highest BCUT2D eigenvalue weighted by atomic mass is 79.9. The number of esters is 1. The summed E-state index contributed by atoms with van der Waals surface area (Å²) in [5.74, 6) is -0.959. The van der Waals surface area contributed by atoms with E-state index in [1.807, 2.05) is 19.9 Å². The molecule has 118 valence electrons. The number of carbonyl (C=O) groups is 2. The maximum atomic E-state index is 12.2. The third-order valence-electron chi connectivity index (χ3n) is 3.16. The van der Waals surface area contributed by atoms with Gasteiger partial charge < -0.3 is 9.84 Å². The van der Waals surface area contributed by atoms with E-state index in [-0.39, 0.29) is 0 Å². The molecule has 0 aromatic heterocycles. The number of aryl methyl sites for hydroxylation is 2. The summed E-state index contributed by atoms with van der Waals surface area (Å²) in [6, 6.07) is 10.5. The lowest BCUT2D eigenvalue weighted by molar-refractivity contribution is -0.131. The van der Waals surface area contributed by atoms with E-state index in [0.717, 1.165) is 27.2 Å². The molecule has 2 rings (SSSR count). The molecule has 0 bridgehead atoms. The Morgan fingerprint density at radius 3 is 2.35 bits per heavy atom. The van der Waals surface area contributed by atoms with Crippen LogP contribution in [0.2, 0.25) is 0 Å². The number of rotatable bonds is 4. The maximum Gasteiger partial charge on any atom is 0.343 e. The molecule has 0 aliphatic carbocycles. The molecule has 0 radical (unpaired) electrons. The van der Waals surface area contributed by atoms with Gasteiger partial charge in [-0.15, -0.1) is 0 Å². The van der Waals surface area contributed by atoms with Gasteiger partial charge in [-0.1, -0.05) is 22.0 Å². The van der Waals surface area contributed by atoms with E-state index >= 15 is 0 Å². The van der Waals surface area contributed by atoms with Gasteiger partial charge in [-0.25, -0.2) is 9.59 Å². The summed E-state index contributed by atoms with van der Waals surface area (Å²) in [5, 5.41) is 8.68. The first kappa shape index (κ1) is 17.0. The zero-order valence-electron chi connectivity index (χ0n) is 12.7. The number of halogens is 1. The van der Waals surface area contributed by atoms with E-state index in [9.17, 15) is 9.59 Å². The van der Waals surface area contributed by atoms with Crippen molar-refractivity contribution in [2.24, 2.45) is 0 Å². The summed E-state index contributed by atoms with van der Waals surface area (Å²) in [6.45, 7) is 3.63. The third kappa shape index (κ3) is 4.53. The largest absolute Gasteiger partial charge is 0.478 e. The van der Waals surface area contributed by atoms with Crippen molar-refractivity contribution in [2.75, 3.05) is 0 Å². The van der Waals surface area contributed by atoms with Crippen molar-refractivity contribution >= 4 is 33.9 Å². The number of carbonyl (C=O) groups excluding carboxylic acids is 1. The molecule has 4 nitrogen and oxygen atoms in total. The average Bonchev–Trinajstić information content (AvgIpc) is 2.48. The van der Waals surface area contributed by atoms with Crippen LogP contribution in [-0.4, -0.2) is 17.0 Å². The summed E-state index contributed by atoms with van der Waals surface area (Å²) < 4.78 is 6.30. The van der Waals surface area contributed by atoms with Crippen LogP contribution in [-0.2, 0) is 4.79 Å². The SMILES string of the molecule is Cc1cc(/C=C/C(=O)O)cc(C)c1OC(=O)c1cccc(Br)c1. The highest BCUT2D eigenvalue weighted by Crippen LogP contribution is 2.26. The Morgan fingerprint density at radius 1 is 1.13 bits per heavy atom. The van der Waals surface area contributed by atoms with Gasteiger partial charge in [-0.3, -0.25) is 0 Å². The maximum absolute atomic E-state index is 12.2. The fourth-order valence-electron chi connectivity index (χ4n) is 2.18. The molecule has 0 saturated carbocycles. The van der Waals surface area contributed by atoms with Crippen LogP contribution in [0.15, 0.2) is 46.9 Å². The molecule has 0 aliphatic heterocycles. The first-order valence-electron chi connectivity index (χ1n) is 6.87. The molecule has 0 atom stereocenters. The quantitative estimate of drug-likeness (QED) is 0.489. The van der Waals surface area contributed by atoms with Crippen LogP contribution in [0.25, 0.3) is 6.08 Å². The molecule has 0 aliphatic rings. The number of benzene rings is 2. The second kappa shape index (κ2) is 7.24. The highest BCUT2D eigenvalue weighted by molar-refractivity contribution is 9.10. The Hall–Kier alpha value is -2.40. The molecular weight excluding hydrogens is 360 g/mol. The predicted octanol–water partition coefficient (Wildman–Crippen LogP) is 4.38. The Morgan fingerprint density at radius 2 is 1.78 bits per heavy atom. The zero-order valence-corrected chi connectivity index (χ0v) is 14.3. The molecular formula is C18H15BrO4. The molecule has 0 saturated heterocycles. The number of hydrogen-bond acceptors (Lipinski definition) is 3. The molecule has 2 aromatic carbocycles. The molecule has 0 unspecified atom stereocenters. The van der Waals surface area contributed by atoms with E-state index in [1.165, 1.54) is 6.08 Å². The second-order valence-electron chi connectivity index (χ2n) is 5.06. The van der Waals surface area contributed by atoms with Crippen LogP contribution in [0.5, 0.6) is 5.75 Å². The lowest BCUT2D eigenvalue weighted by Crippen LogP contribution is -2.10. The fourth-order valence-corrected chi connectivity index (χ4v) is 2.57.